The van der Waals surface area contributed by atoms with E-state index in [1.165, 1.54) is 19.3 Å². The van der Waals surface area contributed by atoms with Gasteiger partial charge in [0.25, 0.3) is 5.91 Å². The molecule has 1 unspecified atom stereocenters. The van der Waals surface area contributed by atoms with Gasteiger partial charge in [0.2, 0.25) is 5.76 Å². The molecule has 140 valence electrons. The van der Waals surface area contributed by atoms with Crippen molar-refractivity contribution in [2.45, 2.75) is 45.6 Å². The quantitative estimate of drug-likeness (QED) is 0.825. The first-order valence-corrected chi connectivity index (χ1v) is 9.51. The standard InChI is InChI=1S/C20H28N4O2/c1-15(2)11-17-12-19(26-23-17)20(25)22-14-18(16-7-6-8-21-13-16)24-9-4-3-5-10-24/h6-8,12-13,15,18H,3-5,9-11,14H2,1-2H3,(H,22,25). The van der Waals surface area contributed by atoms with E-state index in [-0.39, 0.29) is 17.7 Å². The molecule has 26 heavy (non-hydrogen) atoms. The van der Waals surface area contributed by atoms with Crippen molar-refractivity contribution in [3.8, 4) is 0 Å². The van der Waals surface area contributed by atoms with E-state index < -0.39 is 0 Å². The fourth-order valence-corrected chi connectivity index (χ4v) is 3.47. The number of piperidine rings is 1. The van der Waals surface area contributed by atoms with Crippen molar-refractivity contribution in [2.75, 3.05) is 19.6 Å². The van der Waals surface area contributed by atoms with E-state index in [4.69, 9.17) is 4.52 Å². The van der Waals surface area contributed by atoms with E-state index in [1.807, 2.05) is 12.3 Å². The van der Waals surface area contributed by atoms with E-state index in [0.29, 0.717) is 12.5 Å². The molecule has 0 spiro atoms. The molecule has 1 atom stereocenters. The first-order valence-electron chi connectivity index (χ1n) is 9.51. The summed E-state index contributed by atoms with van der Waals surface area (Å²) in [5, 5.41) is 7.02. The number of nitrogens with one attached hydrogen (secondary N) is 1. The molecule has 2 aromatic rings. The lowest BCUT2D eigenvalue weighted by molar-refractivity contribution is 0.0888. The second-order valence-electron chi connectivity index (χ2n) is 7.39. The van der Waals surface area contributed by atoms with Crippen molar-refractivity contribution in [1.82, 2.24) is 20.4 Å². The Morgan fingerprint density at radius 3 is 2.81 bits per heavy atom. The SMILES string of the molecule is CC(C)Cc1cc(C(=O)NCC(c2cccnc2)N2CCCCC2)on1. The summed E-state index contributed by atoms with van der Waals surface area (Å²) in [5.41, 5.74) is 1.96. The number of pyridine rings is 1. The van der Waals surface area contributed by atoms with Crippen molar-refractivity contribution in [3.63, 3.8) is 0 Å². The highest BCUT2D eigenvalue weighted by atomic mass is 16.5. The average molecular weight is 356 g/mol. The number of hydrogen-bond acceptors (Lipinski definition) is 5. The van der Waals surface area contributed by atoms with Crippen LogP contribution in [0.1, 0.15) is 61.0 Å². The maximum Gasteiger partial charge on any atom is 0.289 e. The van der Waals surface area contributed by atoms with Gasteiger partial charge in [-0.15, -0.1) is 0 Å². The Balaban J connectivity index is 1.65. The van der Waals surface area contributed by atoms with Crippen LogP contribution in [-0.4, -0.2) is 40.6 Å². The van der Waals surface area contributed by atoms with E-state index in [1.54, 1.807) is 12.3 Å². The number of hydrogen-bond donors (Lipinski definition) is 1. The van der Waals surface area contributed by atoms with Gasteiger partial charge >= 0.3 is 0 Å². The number of nitrogens with zero attached hydrogens (tertiary/aromatic N) is 3. The summed E-state index contributed by atoms with van der Waals surface area (Å²) in [4.78, 5) is 19.2. The maximum absolute atomic E-state index is 12.5. The Kier molecular flexibility index (Phi) is 6.39. The molecule has 0 radical (unpaired) electrons. The third-order valence-corrected chi connectivity index (χ3v) is 4.76. The first kappa shape index (κ1) is 18.6. The molecule has 3 heterocycles. The summed E-state index contributed by atoms with van der Waals surface area (Å²) in [6.45, 7) is 6.87. The van der Waals surface area contributed by atoms with Gasteiger partial charge in [-0.3, -0.25) is 14.7 Å². The minimum Gasteiger partial charge on any atom is -0.351 e. The number of likely N-dealkylation sites (tertiary alicyclic amines) is 1. The molecule has 0 saturated carbocycles. The second-order valence-corrected chi connectivity index (χ2v) is 7.39. The van der Waals surface area contributed by atoms with Gasteiger partial charge in [-0.25, -0.2) is 0 Å². The molecule has 1 aliphatic heterocycles. The van der Waals surface area contributed by atoms with Crippen LogP contribution in [-0.2, 0) is 6.42 Å². The summed E-state index contributed by atoms with van der Waals surface area (Å²) < 4.78 is 5.22. The summed E-state index contributed by atoms with van der Waals surface area (Å²) in [7, 11) is 0. The molecular weight excluding hydrogens is 328 g/mol. The lowest BCUT2D eigenvalue weighted by atomic mass is 10.0. The van der Waals surface area contributed by atoms with Crippen molar-refractivity contribution >= 4 is 5.91 Å². The lowest BCUT2D eigenvalue weighted by Gasteiger charge is -2.34. The lowest BCUT2D eigenvalue weighted by Crippen LogP contribution is -2.40. The Labute approximate surface area is 155 Å². The smallest absolute Gasteiger partial charge is 0.289 e. The van der Waals surface area contributed by atoms with Gasteiger partial charge in [0, 0.05) is 25.0 Å². The van der Waals surface area contributed by atoms with Crippen molar-refractivity contribution in [3.05, 3.63) is 47.6 Å². The third kappa shape index (κ3) is 4.91. The monoisotopic (exact) mass is 356 g/mol. The van der Waals surface area contributed by atoms with Crippen LogP contribution in [0.2, 0.25) is 0 Å². The molecule has 0 aliphatic carbocycles. The highest BCUT2D eigenvalue weighted by molar-refractivity contribution is 5.91. The molecule has 1 aliphatic rings. The van der Waals surface area contributed by atoms with Gasteiger partial charge < -0.3 is 9.84 Å². The van der Waals surface area contributed by atoms with Crippen molar-refractivity contribution in [1.29, 1.82) is 0 Å². The maximum atomic E-state index is 12.5. The summed E-state index contributed by atoms with van der Waals surface area (Å²) in [6, 6.07) is 5.90. The first-order chi connectivity index (χ1) is 12.6. The van der Waals surface area contributed by atoms with Crippen LogP contribution < -0.4 is 5.32 Å². The normalized spacial score (nSPS) is 16.6. The largest absolute Gasteiger partial charge is 0.351 e. The highest BCUT2D eigenvalue weighted by Crippen LogP contribution is 2.23. The zero-order valence-electron chi connectivity index (χ0n) is 15.6. The van der Waals surface area contributed by atoms with Gasteiger partial charge in [0.05, 0.1) is 11.7 Å². The van der Waals surface area contributed by atoms with Crippen LogP contribution >= 0.6 is 0 Å². The van der Waals surface area contributed by atoms with Crippen LogP contribution in [0, 0.1) is 5.92 Å². The number of carbonyl (C=O) groups excluding carboxylic acids is 1. The summed E-state index contributed by atoms with van der Waals surface area (Å²) in [6.07, 6.45) is 8.15. The molecule has 6 heteroatoms. The molecule has 1 fully saturated rings. The van der Waals surface area contributed by atoms with Crippen LogP contribution in [0.4, 0.5) is 0 Å². The number of aromatic nitrogens is 2. The molecular formula is C20H28N4O2. The fourth-order valence-electron chi connectivity index (χ4n) is 3.47. The fraction of sp³-hybridized carbons (Fsp3) is 0.550. The van der Waals surface area contributed by atoms with Gasteiger partial charge in [-0.2, -0.15) is 0 Å². The summed E-state index contributed by atoms with van der Waals surface area (Å²) in [5.74, 6) is 0.549. The van der Waals surface area contributed by atoms with Crippen LogP contribution in [0.3, 0.4) is 0 Å². The van der Waals surface area contributed by atoms with Gasteiger partial charge in [0.15, 0.2) is 0 Å². The molecule has 1 amide bonds. The van der Waals surface area contributed by atoms with Gasteiger partial charge in [-0.05, 0) is 49.9 Å². The van der Waals surface area contributed by atoms with Crippen molar-refractivity contribution in [2.24, 2.45) is 5.92 Å². The third-order valence-electron chi connectivity index (χ3n) is 4.76. The molecule has 1 saturated heterocycles. The predicted molar refractivity (Wildman–Crippen MR) is 99.8 cm³/mol. The topological polar surface area (TPSA) is 71.3 Å². The Morgan fingerprint density at radius 2 is 2.12 bits per heavy atom. The van der Waals surface area contributed by atoms with Crippen LogP contribution in [0.25, 0.3) is 0 Å². The van der Waals surface area contributed by atoms with E-state index in [2.05, 4.69) is 40.3 Å². The summed E-state index contributed by atoms with van der Waals surface area (Å²) >= 11 is 0. The number of carbonyl (C=O) groups is 1. The Morgan fingerprint density at radius 1 is 1.31 bits per heavy atom. The van der Waals surface area contributed by atoms with E-state index in [0.717, 1.165) is 30.8 Å². The molecule has 0 bridgehead atoms. The van der Waals surface area contributed by atoms with E-state index in [9.17, 15) is 4.79 Å². The predicted octanol–water partition coefficient (Wildman–Crippen LogP) is 3.23. The number of rotatable bonds is 7. The zero-order chi connectivity index (χ0) is 18.4. The molecule has 6 nitrogen and oxygen atoms in total. The highest BCUT2D eigenvalue weighted by Gasteiger charge is 2.24. The Bertz CT molecular complexity index is 693. The van der Waals surface area contributed by atoms with Crippen molar-refractivity contribution < 1.29 is 9.32 Å². The van der Waals surface area contributed by atoms with Gasteiger partial charge in [0.1, 0.15) is 0 Å². The number of amides is 1. The minimum absolute atomic E-state index is 0.131. The Hall–Kier alpha value is -2.21. The van der Waals surface area contributed by atoms with E-state index >= 15 is 0 Å². The zero-order valence-corrected chi connectivity index (χ0v) is 15.6. The molecule has 2 aromatic heterocycles. The molecule has 3 rings (SSSR count). The van der Waals surface area contributed by atoms with Gasteiger partial charge in [-0.1, -0.05) is 31.5 Å². The van der Waals surface area contributed by atoms with Crippen LogP contribution in [0.5, 0.6) is 0 Å². The molecule has 1 N–H and O–H groups in total. The minimum atomic E-state index is -0.210. The average Bonchev–Trinajstić information content (AvgIpc) is 3.11. The van der Waals surface area contributed by atoms with Crippen LogP contribution in [0.15, 0.2) is 35.1 Å². The second kappa shape index (κ2) is 8.94. The molecule has 0 aromatic carbocycles.